The van der Waals surface area contributed by atoms with Crippen LogP contribution in [0.15, 0.2) is 17.3 Å². The Kier molecular flexibility index (Phi) is 4.56. The van der Waals surface area contributed by atoms with E-state index in [1.807, 2.05) is 6.92 Å². The van der Waals surface area contributed by atoms with Gasteiger partial charge in [0.05, 0.1) is 6.20 Å². The maximum atomic E-state index is 11.6. The summed E-state index contributed by atoms with van der Waals surface area (Å²) >= 11 is 5.55. The van der Waals surface area contributed by atoms with E-state index in [-0.39, 0.29) is 10.8 Å². The summed E-state index contributed by atoms with van der Waals surface area (Å²) in [6.07, 6.45) is 3.40. The average Bonchev–Trinajstić information content (AvgIpc) is 2.69. The van der Waals surface area contributed by atoms with Crippen LogP contribution in [0.2, 0.25) is 0 Å². The Morgan fingerprint density at radius 3 is 2.93 bits per heavy atom. The molecule has 5 nitrogen and oxygen atoms in total. The second kappa shape index (κ2) is 5.48. The number of nitrogens with one attached hydrogen (secondary N) is 2. The molecule has 86 valence electrons. The zero-order valence-corrected chi connectivity index (χ0v) is 9.98. The smallest absolute Gasteiger partial charge is 0.243 e. The van der Waals surface area contributed by atoms with E-state index in [2.05, 4.69) is 14.9 Å². The highest BCUT2D eigenvalue weighted by atomic mass is 35.5. The SMILES string of the molecule is CC(CCCl)CNS(=O)(=O)c1cn[nH]c1. The Labute approximate surface area is 94.3 Å². The molecule has 0 saturated heterocycles. The van der Waals surface area contributed by atoms with E-state index in [1.54, 1.807) is 0 Å². The first-order chi connectivity index (χ1) is 7.06. The molecule has 0 amide bonds. The lowest BCUT2D eigenvalue weighted by Crippen LogP contribution is -2.28. The van der Waals surface area contributed by atoms with Crippen LogP contribution in [0.4, 0.5) is 0 Å². The highest BCUT2D eigenvalue weighted by molar-refractivity contribution is 7.89. The van der Waals surface area contributed by atoms with Gasteiger partial charge in [-0.2, -0.15) is 5.10 Å². The number of aromatic amines is 1. The molecule has 1 heterocycles. The van der Waals surface area contributed by atoms with Crippen molar-refractivity contribution in [2.75, 3.05) is 12.4 Å². The lowest BCUT2D eigenvalue weighted by Gasteiger charge is -2.10. The molecule has 1 aromatic heterocycles. The fourth-order valence-corrected chi connectivity index (χ4v) is 2.45. The van der Waals surface area contributed by atoms with Crippen LogP contribution in [0, 0.1) is 5.92 Å². The van der Waals surface area contributed by atoms with Crippen LogP contribution in [0.1, 0.15) is 13.3 Å². The second-order valence-electron chi connectivity index (χ2n) is 3.37. The summed E-state index contributed by atoms with van der Waals surface area (Å²) in [7, 11) is -3.42. The van der Waals surface area contributed by atoms with E-state index < -0.39 is 10.0 Å². The van der Waals surface area contributed by atoms with Crippen LogP contribution in [-0.2, 0) is 10.0 Å². The third-order valence-electron chi connectivity index (χ3n) is 2.01. The molecule has 0 aliphatic heterocycles. The van der Waals surface area contributed by atoms with E-state index in [0.717, 1.165) is 6.42 Å². The standard InChI is InChI=1S/C8H14ClN3O2S/c1-7(2-3-9)4-12-15(13,14)8-5-10-11-6-8/h5-7,12H,2-4H2,1H3,(H,10,11). The van der Waals surface area contributed by atoms with Gasteiger partial charge in [-0.1, -0.05) is 6.92 Å². The van der Waals surface area contributed by atoms with Gasteiger partial charge in [0.1, 0.15) is 4.90 Å². The van der Waals surface area contributed by atoms with Crippen LogP contribution in [0.5, 0.6) is 0 Å². The highest BCUT2D eigenvalue weighted by Gasteiger charge is 2.15. The fourth-order valence-electron chi connectivity index (χ4n) is 1.01. The molecule has 0 bridgehead atoms. The van der Waals surface area contributed by atoms with Crippen molar-refractivity contribution >= 4 is 21.6 Å². The van der Waals surface area contributed by atoms with Crippen molar-refractivity contribution in [1.82, 2.24) is 14.9 Å². The molecule has 0 aliphatic rings. The molecule has 0 aliphatic carbocycles. The second-order valence-corrected chi connectivity index (χ2v) is 5.51. The number of nitrogens with zero attached hydrogens (tertiary/aromatic N) is 1. The van der Waals surface area contributed by atoms with Crippen molar-refractivity contribution in [2.24, 2.45) is 5.92 Å². The van der Waals surface area contributed by atoms with E-state index in [1.165, 1.54) is 12.4 Å². The minimum Gasteiger partial charge on any atom is -0.284 e. The Balaban J connectivity index is 2.52. The zero-order valence-electron chi connectivity index (χ0n) is 8.40. The van der Waals surface area contributed by atoms with Gasteiger partial charge in [-0.15, -0.1) is 11.6 Å². The number of sulfonamides is 1. The quantitative estimate of drug-likeness (QED) is 0.740. The van der Waals surface area contributed by atoms with E-state index in [0.29, 0.717) is 12.4 Å². The van der Waals surface area contributed by atoms with Gasteiger partial charge in [0.15, 0.2) is 0 Å². The summed E-state index contributed by atoms with van der Waals surface area (Å²) in [5, 5.41) is 6.04. The lowest BCUT2D eigenvalue weighted by atomic mass is 10.1. The number of hydrogen-bond donors (Lipinski definition) is 2. The van der Waals surface area contributed by atoms with Crippen molar-refractivity contribution in [1.29, 1.82) is 0 Å². The van der Waals surface area contributed by atoms with Gasteiger partial charge in [-0.3, -0.25) is 5.10 Å². The molecule has 0 fully saturated rings. The molecule has 1 rings (SSSR count). The molecule has 1 atom stereocenters. The number of alkyl halides is 1. The fraction of sp³-hybridized carbons (Fsp3) is 0.625. The largest absolute Gasteiger partial charge is 0.284 e. The molecule has 0 aromatic carbocycles. The minimum atomic E-state index is -3.42. The molecule has 2 N–H and O–H groups in total. The van der Waals surface area contributed by atoms with Crippen LogP contribution in [-0.4, -0.2) is 31.0 Å². The topological polar surface area (TPSA) is 74.8 Å². The highest BCUT2D eigenvalue weighted by Crippen LogP contribution is 2.07. The molecular formula is C8H14ClN3O2S. The maximum Gasteiger partial charge on any atom is 0.243 e. The van der Waals surface area contributed by atoms with Crippen LogP contribution in [0.3, 0.4) is 0 Å². The third-order valence-corrected chi connectivity index (χ3v) is 3.62. The summed E-state index contributed by atoms with van der Waals surface area (Å²) in [5.74, 6) is 0.762. The summed E-state index contributed by atoms with van der Waals surface area (Å²) in [4.78, 5) is 0.153. The summed E-state index contributed by atoms with van der Waals surface area (Å²) < 4.78 is 25.7. The molecule has 1 unspecified atom stereocenters. The zero-order chi connectivity index (χ0) is 11.3. The Morgan fingerprint density at radius 2 is 2.40 bits per heavy atom. The molecule has 0 saturated carbocycles. The van der Waals surface area contributed by atoms with Crippen molar-refractivity contribution in [3.05, 3.63) is 12.4 Å². The number of aromatic nitrogens is 2. The minimum absolute atomic E-state index is 0.153. The first-order valence-corrected chi connectivity index (χ1v) is 6.62. The van der Waals surface area contributed by atoms with Crippen molar-refractivity contribution < 1.29 is 8.42 Å². The lowest BCUT2D eigenvalue weighted by molar-refractivity contribution is 0.530. The average molecular weight is 252 g/mol. The predicted octanol–water partition coefficient (Wildman–Crippen LogP) is 0.953. The number of halogens is 1. The monoisotopic (exact) mass is 251 g/mol. The van der Waals surface area contributed by atoms with Crippen molar-refractivity contribution in [3.63, 3.8) is 0 Å². The molecular weight excluding hydrogens is 238 g/mol. The van der Waals surface area contributed by atoms with Gasteiger partial charge in [0.2, 0.25) is 10.0 Å². The van der Waals surface area contributed by atoms with Gasteiger partial charge >= 0.3 is 0 Å². The molecule has 0 radical (unpaired) electrons. The van der Waals surface area contributed by atoms with Crippen LogP contribution >= 0.6 is 11.6 Å². The van der Waals surface area contributed by atoms with Crippen LogP contribution in [0.25, 0.3) is 0 Å². The number of H-pyrrole nitrogens is 1. The summed E-state index contributed by atoms with van der Waals surface area (Å²) in [5.41, 5.74) is 0. The number of hydrogen-bond acceptors (Lipinski definition) is 3. The molecule has 7 heteroatoms. The maximum absolute atomic E-state index is 11.6. The molecule has 15 heavy (non-hydrogen) atoms. The summed E-state index contributed by atoms with van der Waals surface area (Å²) in [6, 6.07) is 0. The van der Waals surface area contributed by atoms with E-state index in [4.69, 9.17) is 11.6 Å². The first-order valence-electron chi connectivity index (χ1n) is 4.60. The van der Waals surface area contributed by atoms with Crippen molar-refractivity contribution in [3.8, 4) is 0 Å². The Bertz CT molecular complexity index is 377. The van der Waals surface area contributed by atoms with Gasteiger partial charge in [-0.25, -0.2) is 13.1 Å². The Morgan fingerprint density at radius 1 is 1.67 bits per heavy atom. The first kappa shape index (κ1) is 12.5. The normalized spacial score (nSPS) is 14.0. The van der Waals surface area contributed by atoms with Gasteiger partial charge in [0, 0.05) is 18.6 Å². The van der Waals surface area contributed by atoms with Crippen LogP contribution < -0.4 is 4.72 Å². The van der Waals surface area contributed by atoms with Gasteiger partial charge in [-0.05, 0) is 12.3 Å². The van der Waals surface area contributed by atoms with E-state index in [9.17, 15) is 8.42 Å². The molecule has 0 spiro atoms. The van der Waals surface area contributed by atoms with Gasteiger partial charge < -0.3 is 0 Å². The Hall–Kier alpha value is -0.590. The van der Waals surface area contributed by atoms with E-state index >= 15 is 0 Å². The number of rotatable bonds is 6. The van der Waals surface area contributed by atoms with Gasteiger partial charge in [0.25, 0.3) is 0 Å². The third kappa shape index (κ3) is 3.81. The molecule has 1 aromatic rings. The van der Waals surface area contributed by atoms with Crippen molar-refractivity contribution in [2.45, 2.75) is 18.2 Å². The predicted molar refractivity (Wildman–Crippen MR) is 58.3 cm³/mol. The summed E-state index contributed by atoms with van der Waals surface area (Å²) in [6.45, 7) is 2.33.